The van der Waals surface area contributed by atoms with Crippen molar-refractivity contribution in [3.8, 4) is 0 Å². The Morgan fingerprint density at radius 2 is 2.05 bits per heavy atom. The Hall–Kier alpha value is -0.560. The van der Waals surface area contributed by atoms with E-state index in [0.717, 1.165) is 0 Å². The van der Waals surface area contributed by atoms with Crippen LogP contribution in [0.2, 0.25) is 5.02 Å². The van der Waals surface area contributed by atoms with Crippen molar-refractivity contribution in [3.05, 3.63) is 34.9 Å². The van der Waals surface area contributed by atoms with E-state index in [0.29, 0.717) is 29.4 Å². The number of nitrogens with one attached hydrogen (secondary N) is 1. The highest BCUT2D eigenvalue weighted by molar-refractivity contribution is 14.0. The fourth-order valence-electron chi connectivity index (χ4n) is 2.39. The van der Waals surface area contributed by atoms with Crippen molar-refractivity contribution in [2.24, 2.45) is 10.7 Å². The number of aliphatic imine (C=N–C) groups is 1. The fourth-order valence-corrected chi connectivity index (χ4v) is 2.58. The minimum absolute atomic E-state index is 0. The summed E-state index contributed by atoms with van der Waals surface area (Å²) in [6.45, 7) is 6.00. The van der Waals surface area contributed by atoms with Crippen LogP contribution in [-0.4, -0.2) is 17.5 Å². The molecule has 3 nitrogen and oxygen atoms in total. The summed E-state index contributed by atoms with van der Waals surface area (Å²) in [5.41, 5.74) is 4.97. The second kappa shape index (κ2) is 6.69. The standard InChI is InChI=1S/C15H21ClFN3.HI/c1-14(2,3)20-13(18)19-12-8-15(17,9-12)10-5-4-6-11(16)7-10;/h4-7,12H,8-9H2,1-3H3,(H3,18,19,20);1H. The first-order valence-corrected chi connectivity index (χ1v) is 7.12. The Balaban J connectivity index is 0.00000220. The Labute approximate surface area is 147 Å². The van der Waals surface area contributed by atoms with Gasteiger partial charge in [0.2, 0.25) is 0 Å². The largest absolute Gasteiger partial charge is 0.370 e. The Bertz CT molecular complexity index is 522. The van der Waals surface area contributed by atoms with Crippen LogP contribution in [0.5, 0.6) is 0 Å². The normalized spacial score (nSPS) is 25.8. The lowest BCUT2D eigenvalue weighted by molar-refractivity contribution is 0.0413. The Morgan fingerprint density at radius 1 is 1.43 bits per heavy atom. The average Bonchev–Trinajstić information content (AvgIpc) is 2.24. The molecule has 118 valence electrons. The zero-order valence-electron chi connectivity index (χ0n) is 12.5. The van der Waals surface area contributed by atoms with Gasteiger partial charge in [-0.3, -0.25) is 0 Å². The number of hydrogen-bond donors (Lipinski definition) is 2. The molecule has 1 fully saturated rings. The fraction of sp³-hybridized carbons (Fsp3) is 0.533. The number of rotatable bonds is 2. The van der Waals surface area contributed by atoms with Crippen molar-refractivity contribution >= 4 is 41.5 Å². The molecule has 0 heterocycles. The van der Waals surface area contributed by atoms with Crippen LogP contribution in [0, 0.1) is 0 Å². The Kier molecular flexibility index (Phi) is 5.89. The third-order valence-corrected chi connectivity index (χ3v) is 3.52. The summed E-state index contributed by atoms with van der Waals surface area (Å²) in [6.07, 6.45) is 0.694. The van der Waals surface area contributed by atoms with E-state index in [9.17, 15) is 4.39 Å². The lowest BCUT2D eigenvalue weighted by atomic mass is 9.73. The molecule has 1 aromatic rings. The first-order valence-electron chi connectivity index (χ1n) is 6.74. The predicted octanol–water partition coefficient (Wildman–Crippen LogP) is 3.99. The summed E-state index contributed by atoms with van der Waals surface area (Å²) in [6, 6.07) is 6.88. The lowest BCUT2D eigenvalue weighted by Gasteiger charge is -2.40. The van der Waals surface area contributed by atoms with Crippen LogP contribution in [0.3, 0.4) is 0 Å². The topological polar surface area (TPSA) is 50.4 Å². The van der Waals surface area contributed by atoms with Crippen LogP contribution in [0.1, 0.15) is 39.2 Å². The second-order valence-corrected chi connectivity index (χ2v) is 6.86. The summed E-state index contributed by atoms with van der Waals surface area (Å²) < 4.78 is 14.7. The predicted molar refractivity (Wildman–Crippen MR) is 97.2 cm³/mol. The molecule has 0 amide bonds. The molecule has 1 saturated carbocycles. The molecule has 0 saturated heterocycles. The molecule has 0 aromatic heterocycles. The van der Waals surface area contributed by atoms with Crippen molar-refractivity contribution < 1.29 is 4.39 Å². The number of guanidine groups is 1. The second-order valence-electron chi connectivity index (χ2n) is 6.43. The van der Waals surface area contributed by atoms with E-state index in [4.69, 9.17) is 17.3 Å². The molecular formula is C15H22ClFIN3. The van der Waals surface area contributed by atoms with Gasteiger partial charge in [-0.1, -0.05) is 23.7 Å². The van der Waals surface area contributed by atoms with E-state index >= 15 is 0 Å². The minimum Gasteiger partial charge on any atom is -0.370 e. The first-order chi connectivity index (χ1) is 9.18. The average molecular weight is 426 g/mol. The maximum Gasteiger partial charge on any atom is 0.189 e. The van der Waals surface area contributed by atoms with Crippen molar-refractivity contribution in [1.29, 1.82) is 0 Å². The van der Waals surface area contributed by atoms with Crippen molar-refractivity contribution in [2.75, 3.05) is 0 Å². The van der Waals surface area contributed by atoms with Gasteiger partial charge in [0.25, 0.3) is 0 Å². The highest BCUT2D eigenvalue weighted by atomic mass is 127. The zero-order chi connectivity index (χ0) is 15.0. The molecule has 0 unspecified atom stereocenters. The molecule has 3 N–H and O–H groups in total. The molecule has 1 aromatic carbocycles. The van der Waals surface area contributed by atoms with Gasteiger partial charge in [-0.05, 0) is 38.5 Å². The minimum atomic E-state index is -1.33. The van der Waals surface area contributed by atoms with Gasteiger partial charge in [-0.15, -0.1) is 24.0 Å². The number of halogens is 3. The third kappa shape index (κ3) is 4.98. The van der Waals surface area contributed by atoms with Crippen LogP contribution in [0.15, 0.2) is 29.3 Å². The highest BCUT2D eigenvalue weighted by Crippen LogP contribution is 2.47. The number of alkyl halides is 1. The molecule has 1 aliphatic carbocycles. The van der Waals surface area contributed by atoms with Crippen LogP contribution in [0.4, 0.5) is 4.39 Å². The SMILES string of the molecule is CC(C)(C)NC(N)=NC1CC(F)(c2cccc(Cl)c2)C1.I. The van der Waals surface area contributed by atoms with Gasteiger partial charge in [-0.2, -0.15) is 0 Å². The van der Waals surface area contributed by atoms with Crippen LogP contribution < -0.4 is 11.1 Å². The van der Waals surface area contributed by atoms with Crippen LogP contribution >= 0.6 is 35.6 Å². The molecule has 21 heavy (non-hydrogen) atoms. The van der Waals surface area contributed by atoms with Crippen LogP contribution in [0.25, 0.3) is 0 Å². The number of hydrogen-bond acceptors (Lipinski definition) is 1. The molecule has 6 heteroatoms. The van der Waals surface area contributed by atoms with Gasteiger partial charge < -0.3 is 11.1 Å². The van der Waals surface area contributed by atoms with E-state index in [-0.39, 0.29) is 35.6 Å². The molecule has 0 aliphatic heterocycles. The van der Waals surface area contributed by atoms with Gasteiger partial charge >= 0.3 is 0 Å². The molecule has 2 rings (SSSR count). The van der Waals surface area contributed by atoms with Gasteiger partial charge in [0.1, 0.15) is 5.67 Å². The van der Waals surface area contributed by atoms with E-state index in [1.54, 1.807) is 24.3 Å². The smallest absolute Gasteiger partial charge is 0.189 e. The van der Waals surface area contributed by atoms with Crippen molar-refractivity contribution in [2.45, 2.75) is 50.9 Å². The van der Waals surface area contributed by atoms with E-state index in [2.05, 4.69) is 10.3 Å². The van der Waals surface area contributed by atoms with Crippen LogP contribution in [-0.2, 0) is 5.67 Å². The highest BCUT2D eigenvalue weighted by Gasteiger charge is 2.46. The van der Waals surface area contributed by atoms with Crippen molar-refractivity contribution in [3.63, 3.8) is 0 Å². The Morgan fingerprint density at radius 3 is 2.57 bits per heavy atom. The molecule has 0 spiro atoms. The summed E-state index contributed by atoms with van der Waals surface area (Å²) >= 11 is 5.90. The van der Waals surface area contributed by atoms with Gasteiger partial charge in [0.05, 0.1) is 6.04 Å². The quantitative estimate of drug-likeness (QED) is 0.428. The maximum absolute atomic E-state index is 14.7. The van der Waals surface area contributed by atoms with E-state index in [1.165, 1.54) is 0 Å². The summed E-state index contributed by atoms with van der Waals surface area (Å²) in [5, 5.41) is 3.63. The monoisotopic (exact) mass is 425 g/mol. The first kappa shape index (κ1) is 18.5. The summed E-state index contributed by atoms with van der Waals surface area (Å²) in [7, 11) is 0. The maximum atomic E-state index is 14.7. The van der Waals surface area contributed by atoms with Gasteiger partial charge in [-0.25, -0.2) is 9.38 Å². The number of benzene rings is 1. The molecule has 0 bridgehead atoms. The molecular weight excluding hydrogens is 404 g/mol. The molecule has 1 aliphatic rings. The van der Waals surface area contributed by atoms with E-state index in [1.807, 2.05) is 20.8 Å². The summed E-state index contributed by atoms with van der Waals surface area (Å²) in [4.78, 5) is 4.32. The van der Waals surface area contributed by atoms with Gasteiger partial charge in [0.15, 0.2) is 5.96 Å². The van der Waals surface area contributed by atoms with E-state index < -0.39 is 5.67 Å². The van der Waals surface area contributed by atoms with Crippen molar-refractivity contribution in [1.82, 2.24) is 5.32 Å². The van der Waals surface area contributed by atoms with Gasteiger partial charge in [0, 0.05) is 23.4 Å². The zero-order valence-corrected chi connectivity index (χ0v) is 15.6. The lowest BCUT2D eigenvalue weighted by Crippen LogP contribution is -2.47. The number of nitrogens with two attached hydrogens (primary N) is 1. The summed E-state index contributed by atoms with van der Waals surface area (Å²) in [5.74, 6) is 0.371. The number of nitrogens with zero attached hydrogens (tertiary/aromatic N) is 1. The molecule has 0 radical (unpaired) electrons. The molecule has 0 atom stereocenters. The third-order valence-electron chi connectivity index (χ3n) is 3.29.